The van der Waals surface area contributed by atoms with E-state index in [4.69, 9.17) is 14.5 Å². The number of aliphatic hydroxyl groups is 1. The van der Waals surface area contributed by atoms with E-state index >= 15 is 0 Å². The summed E-state index contributed by atoms with van der Waals surface area (Å²) in [7, 11) is 1.68. The van der Waals surface area contributed by atoms with E-state index in [-0.39, 0.29) is 31.6 Å². The van der Waals surface area contributed by atoms with Crippen molar-refractivity contribution in [2.24, 2.45) is 11.3 Å². The first-order valence-electron chi connectivity index (χ1n) is 18.9. The molecule has 3 N–H and O–H groups in total. The summed E-state index contributed by atoms with van der Waals surface area (Å²) in [5.74, 6) is -1.91. The van der Waals surface area contributed by atoms with Gasteiger partial charge in [0.2, 0.25) is 5.91 Å². The number of hydrogen-bond acceptors (Lipinski definition) is 7. The number of aryl methyl sites for hydroxylation is 1. The first kappa shape index (κ1) is 40.4. The molecule has 290 valence electrons. The van der Waals surface area contributed by atoms with Crippen molar-refractivity contribution < 1.29 is 34.1 Å². The average Bonchev–Trinajstić information content (AvgIpc) is 3.44. The Kier molecular flexibility index (Phi) is 12.5. The third kappa shape index (κ3) is 9.30. The molecule has 2 aromatic heterocycles. The molecule has 3 atom stereocenters. The molecule has 2 amide bonds. The van der Waals surface area contributed by atoms with Crippen molar-refractivity contribution in [2.45, 2.75) is 98.4 Å². The maximum Gasteiger partial charge on any atom is 0.408 e. The number of carboxylic acid groups (broad SMARTS) is 1. The van der Waals surface area contributed by atoms with E-state index in [1.807, 2.05) is 37.3 Å². The number of nitrogens with one attached hydrogen (secondary N) is 1. The summed E-state index contributed by atoms with van der Waals surface area (Å²) in [5, 5.41) is 23.9. The molecule has 3 heterocycles. The molecule has 1 aliphatic heterocycles. The van der Waals surface area contributed by atoms with Gasteiger partial charge >= 0.3 is 12.1 Å². The summed E-state index contributed by atoms with van der Waals surface area (Å²) in [4.78, 5) is 45.0. The van der Waals surface area contributed by atoms with Crippen LogP contribution >= 0.6 is 0 Å². The van der Waals surface area contributed by atoms with Crippen LogP contribution in [0.5, 0.6) is 0 Å². The van der Waals surface area contributed by atoms with Gasteiger partial charge in [0.1, 0.15) is 11.6 Å². The van der Waals surface area contributed by atoms with Gasteiger partial charge in [0.25, 0.3) is 0 Å². The summed E-state index contributed by atoms with van der Waals surface area (Å²) in [6.07, 6.45) is 2.75. The number of fused-ring (bicyclic) bond motifs is 1. The molecule has 1 saturated heterocycles. The van der Waals surface area contributed by atoms with Crippen LogP contribution in [0.2, 0.25) is 0 Å². The molecule has 0 radical (unpaired) electrons. The first-order chi connectivity index (χ1) is 25.6. The second-order valence-corrected chi connectivity index (χ2v) is 16.2. The minimum absolute atomic E-state index is 0.0208. The molecule has 0 saturated carbocycles. The number of amides is 2. The zero-order valence-electron chi connectivity index (χ0n) is 32.9. The van der Waals surface area contributed by atoms with Gasteiger partial charge in [0.05, 0.1) is 23.4 Å². The van der Waals surface area contributed by atoms with E-state index in [2.05, 4.69) is 54.9 Å². The van der Waals surface area contributed by atoms with E-state index < -0.39 is 35.0 Å². The Bertz CT molecular complexity index is 1980. The highest BCUT2D eigenvalue weighted by Crippen LogP contribution is 2.41. The number of ether oxygens (including phenoxy) is 2. The van der Waals surface area contributed by atoms with Crippen molar-refractivity contribution in [1.82, 2.24) is 19.8 Å². The molecule has 11 nitrogen and oxygen atoms in total. The van der Waals surface area contributed by atoms with Gasteiger partial charge in [-0.15, -0.1) is 0 Å². The molecule has 5 rings (SSSR count). The largest absolute Gasteiger partial charge is 0.481 e. The lowest BCUT2D eigenvalue weighted by Gasteiger charge is -2.34. The van der Waals surface area contributed by atoms with Crippen molar-refractivity contribution in [1.29, 1.82) is 0 Å². The minimum atomic E-state index is -0.957. The van der Waals surface area contributed by atoms with E-state index in [1.54, 1.807) is 39.0 Å². The van der Waals surface area contributed by atoms with Gasteiger partial charge in [-0.25, -0.2) is 4.79 Å². The molecule has 54 heavy (non-hydrogen) atoms. The monoisotopic (exact) mass is 740 g/mol. The van der Waals surface area contributed by atoms with Gasteiger partial charge in [0.15, 0.2) is 0 Å². The van der Waals surface area contributed by atoms with Crippen LogP contribution in [0.3, 0.4) is 0 Å². The Morgan fingerprint density at radius 2 is 1.78 bits per heavy atom. The van der Waals surface area contributed by atoms with Crippen LogP contribution in [0.4, 0.5) is 4.79 Å². The number of likely N-dealkylation sites (tertiary alicyclic amines) is 1. The number of alkyl carbamates (subject to hydrolysis) is 1. The van der Waals surface area contributed by atoms with Crippen LogP contribution < -0.4 is 5.32 Å². The van der Waals surface area contributed by atoms with Crippen LogP contribution in [0.15, 0.2) is 60.8 Å². The summed E-state index contributed by atoms with van der Waals surface area (Å²) in [6, 6.07) is 17.4. The number of piperidine rings is 1. The number of aliphatic carboxylic acids is 1. The minimum Gasteiger partial charge on any atom is -0.481 e. The fraction of sp³-hybridized carbons (Fsp3) is 0.488. The number of carbonyl (C=O) groups excluding carboxylic acids is 2. The number of benzene rings is 2. The molecule has 4 aromatic rings. The molecule has 1 fully saturated rings. The van der Waals surface area contributed by atoms with Crippen LogP contribution in [0.25, 0.3) is 33.3 Å². The highest BCUT2D eigenvalue weighted by Gasteiger charge is 2.34. The number of methoxy groups -OCH3 is 1. The number of nitrogens with zero attached hydrogens (tertiary/aromatic N) is 3. The molecule has 0 spiro atoms. The van der Waals surface area contributed by atoms with E-state index in [0.717, 1.165) is 56.7 Å². The zero-order valence-corrected chi connectivity index (χ0v) is 32.9. The second-order valence-electron chi connectivity index (χ2n) is 16.2. The molecule has 0 aliphatic carbocycles. The Labute approximate surface area is 318 Å². The van der Waals surface area contributed by atoms with Gasteiger partial charge in [-0.1, -0.05) is 44.2 Å². The molecule has 0 bridgehead atoms. The highest BCUT2D eigenvalue weighted by atomic mass is 16.6. The Hall–Kier alpha value is -4.74. The lowest BCUT2D eigenvalue weighted by Crippen LogP contribution is -2.53. The van der Waals surface area contributed by atoms with Crippen molar-refractivity contribution in [3.05, 3.63) is 77.6 Å². The first-order valence-corrected chi connectivity index (χ1v) is 18.9. The molecule has 2 unspecified atom stereocenters. The molecular formula is C43H56N4O7. The number of aliphatic hydroxyl groups excluding tert-OH is 1. The average molecular weight is 741 g/mol. The third-order valence-corrected chi connectivity index (χ3v) is 10.2. The fourth-order valence-corrected chi connectivity index (χ4v) is 7.37. The molecular weight excluding hydrogens is 684 g/mol. The van der Waals surface area contributed by atoms with Crippen LogP contribution in [-0.4, -0.2) is 81.1 Å². The Balaban J connectivity index is 1.57. The third-order valence-electron chi connectivity index (χ3n) is 10.2. The molecule has 2 aromatic carbocycles. The predicted molar refractivity (Wildman–Crippen MR) is 210 cm³/mol. The fourth-order valence-electron chi connectivity index (χ4n) is 7.37. The van der Waals surface area contributed by atoms with E-state index in [1.165, 1.54) is 0 Å². The number of aromatic nitrogens is 2. The summed E-state index contributed by atoms with van der Waals surface area (Å²) < 4.78 is 13.6. The van der Waals surface area contributed by atoms with Gasteiger partial charge in [-0.05, 0) is 106 Å². The van der Waals surface area contributed by atoms with E-state index in [9.17, 15) is 24.6 Å². The number of carbonyl (C=O) groups is 3. The topological polar surface area (TPSA) is 143 Å². The van der Waals surface area contributed by atoms with Crippen LogP contribution in [0.1, 0.15) is 84.2 Å². The molecule has 1 aliphatic rings. The standard InChI is InChI=1S/C43H56N4O7/c1-9-47-36-18-17-30(23-33(36)34(24-43(6,7)26-48)38(47)32-16-11-19-44-37(32)27(2)53-8)29-14-10-13-28(21-29)22-35(45-41(52)54-42(3,4)5)39(49)46-20-12-15-31(25-46)40(50)51/h10-11,13-14,16-19,21,23,27,31,35,48H,9,12,15,20,22,24-26H2,1-8H3,(H,45,52)(H,50,51)/t27?,31-,35?/m1/s1. The zero-order chi connectivity index (χ0) is 39.4. The summed E-state index contributed by atoms with van der Waals surface area (Å²) in [5.41, 5.74) is 6.68. The maximum absolute atomic E-state index is 13.9. The van der Waals surface area contributed by atoms with Crippen molar-refractivity contribution in [2.75, 3.05) is 26.8 Å². The molecule has 11 heteroatoms. The Morgan fingerprint density at radius 1 is 1.04 bits per heavy atom. The summed E-state index contributed by atoms with van der Waals surface area (Å²) >= 11 is 0. The van der Waals surface area contributed by atoms with Gasteiger partial charge in [-0.2, -0.15) is 0 Å². The normalized spacial score (nSPS) is 16.2. The van der Waals surface area contributed by atoms with Crippen LogP contribution in [-0.2, 0) is 38.4 Å². The SMILES string of the molecule is CCn1c(-c2cccnc2C(C)OC)c(CC(C)(C)CO)c2cc(-c3cccc(CC(NC(=O)OC(C)(C)C)C(=O)N4CCC[C@@H](C(=O)O)C4)c3)ccc21. The quantitative estimate of drug-likeness (QED) is 0.129. The highest BCUT2D eigenvalue weighted by molar-refractivity contribution is 5.95. The van der Waals surface area contributed by atoms with Gasteiger partial charge in [0, 0.05) is 62.4 Å². The number of carboxylic acids is 1. The van der Waals surface area contributed by atoms with Gasteiger partial charge < -0.3 is 34.5 Å². The Morgan fingerprint density at radius 3 is 2.44 bits per heavy atom. The maximum atomic E-state index is 13.9. The number of rotatable bonds is 13. The lowest BCUT2D eigenvalue weighted by atomic mass is 9.84. The predicted octanol–water partition coefficient (Wildman–Crippen LogP) is 7.42. The van der Waals surface area contributed by atoms with Crippen molar-refractivity contribution in [3.8, 4) is 22.4 Å². The van der Waals surface area contributed by atoms with Crippen molar-refractivity contribution in [3.63, 3.8) is 0 Å². The second kappa shape index (κ2) is 16.7. The van der Waals surface area contributed by atoms with Gasteiger partial charge in [-0.3, -0.25) is 14.6 Å². The van der Waals surface area contributed by atoms with Crippen molar-refractivity contribution >= 4 is 28.9 Å². The smallest absolute Gasteiger partial charge is 0.408 e. The number of pyridine rings is 1. The van der Waals surface area contributed by atoms with Crippen LogP contribution in [0, 0.1) is 11.3 Å². The number of hydrogen-bond donors (Lipinski definition) is 3. The lowest BCUT2D eigenvalue weighted by molar-refractivity contribution is -0.146. The van der Waals surface area contributed by atoms with E-state index in [0.29, 0.717) is 25.8 Å². The summed E-state index contributed by atoms with van der Waals surface area (Å²) in [6.45, 7) is 14.8.